The Morgan fingerprint density at radius 3 is 3.05 bits per heavy atom. The second-order valence-electron chi connectivity index (χ2n) is 3.94. The number of aromatic nitrogens is 4. The van der Waals surface area contributed by atoms with Crippen molar-refractivity contribution in [3.05, 3.63) is 40.5 Å². The minimum Gasteiger partial charge on any atom is -0.472 e. The molecule has 0 saturated carbocycles. The monoisotopic (exact) mass is 319 g/mol. The Kier molecular flexibility index (Phi) is 3.04. The van der Waals surface area contributed by atoms with Gasteiger partial charge in [-0.1, -0.05) is 28.1 Å². The van der Waals surface area contributed by atoms with Gasteiger partial charge >= 0.3 is 0 Å². The van der Waals surface area contributed by atoms with E-state index in [0.717, 1.165) is 10.0 Å². The fourth-order valence-corrected chi connectivity index (χ4v) is 2.16. The number of nitrogens with two attached hydrogens (primary N) is 1. The first-order valence-electron chi connectivity index (χ1n) is 5.56. The van der Waals surface area contributed by atoms with Crippen LogP contribution < -0.4 is 10.5 Å². The molecule has 3 N–H and O–H groups in total. The van der Waals surface area contributed by atoms with Crippen LogP contribution in [0.15, 0.2) is 34.9 Å². The summed E-state index contributed by atoms with van der Waals surface area (Å²) in [4.78, 5) is 8.11. The van der Waals surface area contributed by atoms with Gasteiger partial charge in [-0.25, -0.2) is 0 Å². The van der Waals surface area contributed by atoms with Crippen LogP contribution in [-0.2, 0) is 6.61 Å². The number of fused-ring (bicyclic) bond motifs is 1. The summed E-state index contributed by atoms with van der Waals surface area (Å²) >= 11 is 3.42. The average molecular weight is 320 g/mol. The number of benzene rings is 1. The predicted octanol–water partition coefficient (Wildman–Crippen LogP) is 2.28. The van der Waals surface area contributed by atoms with Crippen LogP contribution in [0.5, 0.6) is 5.88 Å². The Hall–Kier alpha value is -2.15. The number of hydrogen-bond acceptors (Lipinski definition) is 5. The van der Waals surface area contributed by atoms with Gasteiger partial charge in [-0.05, 0) is 17.7 Å². The van der Waals surface area contributed by atoms with E-state index in [4.69, 9.17) is 10.5 Å². The van der Waals surface area contributed by atoms with Gasteiger partial charge in [0.1, 0.15) is 12.0 Å². The third kappa shape index (κ3) is 2.50. The molecule has 0 amide bonds. The van der Waals surface area contributed by atoms with Crippen molar-refractivity contribution in [2.45, 2.75) is 6.61 Å². The second kappa shape index (κ2) is 4.85. The zero-order valence-electron chi connectivity index (χ0n) is 9.80. The Balaban J connectivity index is 1.87. The van der Waals surface area contributed by atoms with Crippen LogP contribution in [0.1, 0.15) is 5.56 Å². The first-order valence-corrected chi connectivity index (χ1v) is 6.35. The number of nitrogens with zero attached hydrogens (tertiary/aromatic N) is 3. The molecule has 0 radical (unpaired) electrons. The first-order chi connectivity index (χ1) is 9.22. The van der Waals surface area contributed by atoms with Gasteiger partial charge < -0.3 is 10.5 Å². The molecule has 0 unspecified atom stereocenters. The van der Waals surface area contributed by atoms with Crippen LogP contribution in [0.3, 0.4) is 0 Å². The number of aromatic amines is 1. The fraction of sp³-hybridized carbons (Fsp3) is 0.0833. The molecular formula is C12H10BrN5O. The van der Waals surface area contributed by atoms with Gasteiger partial charge in [0, 0.05) is 4.47 Å². The molecule has 0 aliphatic carbocycles. The minimum absolute atomic E-state index is 0.154. The predicted molar refractivity (Wildman–Crippen MR) is 74.6 cm³/mol. The number of nitrogens with one attached hydrogen (secondary N) is 1. The van der Waals surface area contributed by atoms with Gasteiger partial charge in [-0.15, -0.1) is 0 Å². The number of anilines is 1. The summed E-state index contributed by atoms with van der Waals surface area (Å²) in [6, 6.07) is 7.87. The molecular weight excluding hydrogens is 310 g/mol. The van der Waals surface area contributed by atoms with Gasteiger partial charge in [-0.2, -0.15) is 15.1 Å². The zero-order valence-corrected chi connectivity index (χ0v) is 11.4. The van der Waals surface area contributed by atoms with E-state index in [1.165, 1.54) is 0 Å². The van der Waals surface area contributed by atoms with Gasteiger partial charge in [-0.3, -0.25) is 5.10 Å². The summed E-state index contributed by atoms with van der Waals surface area (Å²) in [7, 11) is 0. The molecule has 0 spiro atoms. The van der Waals surface area contributed by atoms with E-state index in [2.05, 4.69) is 36.1 Å². The summed E-state index contributed by atoms with van der Waals surface area (Å²) in [6.07, 6.45) is 1.62. The number of H-pyrrole nitrogens is 1. The molecule has 0 saturated heterocycles. The quantitative estimate of drug-likeness (QED) is 0.773. The van der Waals surface area contributed by atoms with Gasteiger partial charge in [0.2, 0.25) is 11.8 Å². The van der Waals surface area contributed by atoms with E-state index in [1.54, 1.807) is 6.20 Å². The average Bonchev–Trinajstić information content (AvgIpc) is 2.84. The fourth-order valence-electron chi connectivity index (χ4n) is 1.71. The molecule has 3 rings (SSSR count). The number of nitrogen functional groups attached to an aromatic ring is 1. The lowest BCUT2D eigenvalue weighted by molar-refractivity contribution is 0.298. The van der Waals surface area contributed by atoms with Crippen molar-refractivity contribution in [1.29, 1.82) is 0 Å². The van der Waals surface area contributed by atoms with Crippen LogP contribution in [0, 0.1) is 0 Å². The van der Waals surface area contributed by atoms with E-state index >= 15 is 0 Å². The molecule has 1 aromatic carbocycles. The van der Waals surface area contributed by atoms with Gasteiger partial charge in [0.15, 0.2) is 5.65 Å². The van der Waals surface area contributed by atoms with Gasteiger partial charge in [0.05, 0.1) is 6.20 Å². The molecule has 0 aliphatic heterocycles. The number of hydrogen-bond donors (Lipinski definition) is 2. The number of ether oxygens (including phenoxy) is 1. The van der Waals surface area contributed by atoms with Crippen LogP contribution in [0.2, 0.25) is 0 Å². The largest absolute Gasteiger partial charge is 0.472 e. The third-order valence-corrected chi connectivity index (χ3v) is 3.05. The topological polar surface area (TPSA) is 89.7 Å². The van der Waals surface area contributed by atoms with E-state index in [1.807, 2.05) is 24.3 Å². The van der Waals surface area contributed by atoms with Crippen molar-refractivity contribution in [3.8, 4) is 5.88 Å². The number of halogens is 1. The van der Waals surface area contributed by atoms with Crippen molar-refractivity contribution in [2.24, 2.45) is 0 Å². The molecule has 19 heavy (non-hydrogen) atoms. The Bertz CT molecular complexity index is 727. The summed E-state index contributed by atoms with van der Waals surface area (Å²) in [6.45, 7) is 0.399. The standard InChI is InChI=1S/C12H10BrN5O/c13-8-3-1-2-7(4-8)6-19-11-9-5-15-18-10(9)16-12(14)17-11/h1-5H,6H2,(H3,14,15,16,17,18). The molecule has 0 aliphatic rings. The Labute approximate surface area is 117 Å². The molecule has 3 aromatic rings. The highest BCUT2D eigenvalue weighted by Crippen LogP contribution is 2.22. The summed E-state index contributed by atoms with van der Waals surface area (Å²) in [5.41, 5.74) is 7.22. The molecule has 0 atom stereocenters. The first kappa shape index (κ1) is 11.9. The highest BCUT2D eigenvalue weighted by molar-refractivity contribution is 9.10. The van der Waals surface area contributed by atoms with Gasteiger partial charge in [0.25, 0.3) is 0 Å². The van der Waals surface area contributed by atoms with Crippen molar-refractivity contribution in [1.82, 2.24) is 20.2 Å². The maximum atomic E-state index is 5.69. The van der Waals surface area contributed by atoms with Crippen molar-refractivity contribution in [3.63, 3.8) is 0 Å². The summed E-state index contributed by atoms with van der Waals surface area (Å²) < 4.78 is 6.69. The molecule has 6 nitrogen and oxygen atoms in total. The third-order valence-electron chi connectivity index (χ3n) is 2.56. The SMILES string of the molecule is Nc1nc(OCc2cccc(Br)c2)c2cn[nH]c2n1. The Morgan fingerprint density at radius 2 is 2.21 bits per heavy atom. The molecule has 2 aromatic heterocycles. The van der Waals surface area contributed by atoms with Crippen LogP contribution >= 0.6 is 15.9 Å². The minimum atomic E-state index is 0.154. The lowest BCUT2D eigenvalue weighted by Gasteiger charge is -2.07. The van der Waals surface area contributed by atoms with E-state index in [9.17, 15) is 0 Å². The lowest BCUT2D eigenvalue weighted by Crippen LogP contribution is -2.01. The lowest BCUT2D eigenvalue weighted by atomic mass is 10.2. The van der Waals surface area contributed by atoms with Crippen molar-refractivity contribution >= 4 is 32.9 Å². The van der Waals surface area contributed by atoms with E-state index in [0.29, 0.717) is 23.5 Å². The van der Waals surface area contributed by atoms with Crippen LogP contribution in [0.25, 0.3) is 11.0 Å². The number of rotatable bonds is 3. The highest BCUT2D eigenvalue weighted by Gasteiger charge is 2.09. The summed E-state index contributed by atoms with van der Waals surface area (Å²) in [5, 5.41) is 7.35. The maximum Gasteiger partial charge on any atom is 0.229 e. The Morgan fingerprint density at radius 1 is 1.32 bits per heavy atom. The highest BCUT2D eigenvalue weighted by atomic mass is 79.9. The van der Waals surface area contributed by atoms with Crippen LogP contribution in [0.4, 0.5) is 5.95 Å². The maximum absolute atomic E-state index is 5.69. The molecule has 0 bridgehead atoms. The van der Waals surface area contributed by atoms with E-state index < -0.39 is 0 Å². The van der Waals surface area contributed by atoms with Crippen molar-refractivity contribution in [2.75, 3.05) is 5.73 Å². The normalized spacial score (nSPS) is 10.8. The molecule has 0 fully saturated rings. The molecule has 96 valence electrons. The zero-order chi connectivity index (χ0) is 13.2. The van der Waals surface area contributed by atoms with Crippen molar-refractivity contribution < 1.29 is 4.74 Å². The smallest absolute Gasteiger partial charge is 0.229 e. The molecule has 7 heteroatoms. The van der Waals surface area contributed by atoms with E-state index in [-0.39, 0.29) is 5.95 Å². The van der Waals surface area contributed by atoms with Crippen LogP contribution in [-0.4, -0.2) is 20.2 Å². The molecule has 2 heterocycles. The second-order valence-corrected chi connectivity index (χ2v) is 4.85. The summed E-state index contributed by atoms with van der Waals surface area (Å²) in [5.74, 6) is 0.581.